The Labute approximate surface area is 159 Å². The average Bonchev–Trinajstić information content (AvgIpc) is 3.18. The SMILES string of the molecule is O=C(NCCNC(=O)c1ccco1)NCc1ccc(COCC(F)(F)F)cc1. The van der Waals surface area contributed by atoms with Crippen molar-refractivity contribution < 1.29 is 31.9 Å². The number of nitrogens with one attached hydrogen (secondary N) is 3. The largest absolute Gasteiger partial charge is 0.459 e. The molecule has 0 aliphatic heterocycles. The topological polar surface area (TPSA) is 92.6 Å². The van der Waals surface area contributed by atoms with E-state index in [1.54, 1.807) is 30.3 Å². The Morgan fingerprint density at radius 1 is 0.964 bits per heavy atom. The van der Waals surface area contributed by atoms with E-state index in [1.165, 1.54) is 12.3 Å². The lowest BCUT2D eigenvalue weighted by Crippen LogP contribution is -2.39. The van der Waals surface area contributed by atoms with E-state index in [9.17, 15) is 22.8 Å². The number of amides is 3. The summed E-state index contributed by atoms with van der Waals surface area (Å²) < 4.78 is 45.6. The number of alkyl halides is 3. The molecule has 0 fully saturated rings. The van der Waals surface area contributed by atoms with Crippen molar-refractivity contribution in [1.82, 2.24) is 16.0 Å². The van der Waals surface area contributed by atoms with Crippen molar-refractivity contribution in [3.05, 3.63) is 59.5 Å². The number of furan rings is 1. The van der Waals surface area contributed by atoms with Crippen LogP contribution in [0.3, 0.4) is 0 Å². The Morgan fingerprint density at radius 3 is 2.29 bits per heavy atom. The third-order valence-corrected chi connectivity index (χ3v) is 3.45. The lowest BCUT2D eigenvalue weighted by atomic mass is 10.1. The maximum Gasteiger partial charge on any atom is 0.411 e. The van der Waals surface area contributed by atoms with Crippen LogP contribution in [0.1, 0.15) is 21.7 Å². The summed E-state index contributed by atoms with van der Waals surface area (Å²) in [6.07, 6.45) is -2.96. The van der Waals surface area contributed by atoms with Gasteiger partial charge in [0.05, 0.1) is 12.9 Å². The molecule has 3 N–H and O–H groups in total. The molecule has 0 radical (unpaired) electrons. The highest BCUT2D eigenvalue weighted by atomic mass is 19.4. The van der Waals surface area contributed by atoms with Gasteiger partial charge in [0, 0.05) is 19.6 Å². The highest BCUT2D eigenvalue weighted by molar-refractivity contribution is 5.91. The van der Waals surface area contributed by atoms with Gasteiger partial charge in [-0.15, -0.1) is 0 Å². The molecular formula is C18H20F3N3O4. The molecule has 0 saturated heterocycles. The first-order chi connectivity index (χ1) is 13.3. The van der Waals surface area contributed by atoms with Gasteiger partial charge in [-0.05, 0) is 23.3 Å². The number of carbonyl (C=O) groups excluding carboxylic acids is 2. The van der Waals surface area contributed by atoms with Crippen LogP contribution in [0.15, 0.2) is 47.1 Å². The van der Waals surface area contributed by atoms with Gasteiger partial charge < -0.3 is 25.1 Å². The summed E-state index contributed by atoms with van der Waals surface area (Å²) in [5, 5.41) is 7.81. The number of carbonyl (C=O) groups is 2. The van der Waals surface area contributed by atoms with Crippen molar-refractivity contribution in [2.75, 3.05) is 19.7 Å². The number of hydrogen-bond donors (Lipinski definition) is 3. The van der Waals surface area contributed by atoms with Crippen LogP contribution >= 0.6 is 0 Å². The summed E-state index contributed by atoms with van der Waals surface area (Å²) in [6, 6.07) is 9.37. The van der Waals surface area contributed by atoms with Crippen LogP contribution in [0.25, 0.3) is 0 Å². The fourth-order valence-electron chi connectivity index (χ4n) is 2.13. The quantitative estimate of drug-likeness (QED) is 0.565. The van der Waals surface area contributed by atoms with Crippen LogP contribution in [0.2, 0.25) is 0 Å². The zero-order valence-corrected chi connectivity index (χ0v) is 14.8. The predicted octanol–water partition coefficient (Wildman–Crippen LogP) is 2.59. The number of hydrogen-bond acceptors (Lipinski definition) is 4. The summed E-state index contributed by atoms with van der Waals surface area (Å²) >= 11 is 0. The Hall–Kier alpha value is -3.01. The normalized spacial score (nSPS) is 11.1. The Kier molecular flexibility index (Phi) is 7.88. The summed E-state index contributed by atoms with van der Waals surface area (Å²) in [5.41, 5.74) is 1.38. The van der Waals surface area contributed by atoms with E-state index >= 15 is 0 Å². The molecule has 1 aromatic heterocycles. The first-order valence-electron chi connectivity index (χ1n) is 8.39. The number of rotatable bonds is 9. The van der Waals surface area contributed by atoms with E-state index in [0.29, 0.717) is 5.56 Å². The molecule has 1 aromatic carbocycles. The van der Waals surface area contributed by atoms with Gasteiger partial charge in [0.25, 0.3) is 5.91 Å². The molecule has 2 rings (SSSR count). The highest BCUT2D eigenvalue weighted by Gasteiger charge is 2.27. The van der Waals surface area contributed by atoms with Gasteiger partial charge in [0.2, 0.25) is 0 Å². The Morgan fingerprint density at radius 2 is 1.64 bits per heavy atom. The molecule has 7 nitrogen and oxygen atoms in total. The highest BCUT2D eigenvalue weighted by Crippen LogP contribution is 2.15. The molecule has 0 aliphatic carbocycles. The first-order valence-corrected chi connectivity index (χ1v) is 8.39. The fraction of sp³-hybridized carbons (Fsp3) is 0.333. The predicted molar refractivity (Wildman–Crippen MR) is 93.4 cm³/mol. The van der Waals surface area contributed by atoms with Crippen molar-refractivity contribution in [2.45, 2.75) is 19.3 Å². The van der Waals surface area contributed by atoms with Crippen LogP contribution < -0.4 is 16.0 Å². The molecule has 3 amide bonds. The summed E-state index contributed by atoms with van der Waals surface area (Å²) in [4.78, 5) is 23.3. The van der Waals surface area contributed by atoms with E-state index in [0.717, 1.165) is 5.56 Å². The minimum atomic E-state index is -4.35. The van der Waals surface area contributed by atoms with Crippen LogP contribution in [0, 0.1) is 0 Å². The second-order valence-electron chi connectivity index (χ2n) is 5.77. The summed E-state index contributed by atoms with van der Waals surface area (Å²) in [6.45, 7) is -0.725. The molecule has 0 saturated carbocycles. The molecule has 0 atom stereocenters. The zero-order chi connectivity index (χ0) is 20.4. The average molecular weight is 399 g/mol. The smallest absolute Gasteiger partial charge is 0.411 e. The minimum absolute atomic E-state index is 0.141. The van der Waals surface area contributed by atoms with E-state index in [1.807, 2.05) is 0 Å². The molecule has 152 valence electrons. The van der Waals surface area contributed by atoms with Gasteiger partial charge in [0.1, 0.15) is 6.61 Å². The monoisotopic (exact) mass is 399 g/mol. The van der Waals surface area contributed by atoms with Crippen LogP contribution in [0.5, 0.6) is 0 Å². The van der Waals surface area contributed by atoms with E-state index < -0.39 is 18.8 Å². The molecule has 10 heteroatoms. The van der Waals surface area contributed by atoms with Gasteiger partial charge in [-0.2, -0.15) is 13.2 Å². The van der Waals surface area contributed by atoms with Crippen molar-refractivity contribution in [1.29, 1.82) is 0 Å². The number of urea groups is 1. The maximum absolute atomic E-state index is 12.0. The van der Waals surface area contributed by atoms with Crippen LogP contribution in [0.4, 0.5) is 18.0 Å². The van der Waals surface area contributed by atoms with Crippen LogP contribution in [-0.4, -0.2) is 37.8 Å². The summed E-state index contributed by atoms with van der Waals surface area (Å²) in [5.74, 6) is -0.178. The first kappa shape index (κ1) is 21.3. The van der Waals surface area contributed by atoms with E-state index in [4.69, 9.17) is 4.42 Å². The lowest BCUT2D eigenvalue weighted by molar-refractivity contribution is -0.176. The molecule has 28 heavy (non-hydrogen) atoms. The molecule has 0 bridgehead atoms. The second-order valence-corrected chi connectivity index (χ2v) is 5.77. The van der Waals surface area contributed by atoms with Gasteiger partial charge in [-0.1, -0.05) is 24.3 Å². The Bertz CT molecular complexity index is 746. The number of halogens is 3. The van der Waals surface area contributed by atoms with Gasteiger partial charge >= 0.3 is 12.2 Å². The summed E-state index contributed by atoms with van der Waals surface area (Å²) in [7, 11) is 0. The molecule has 0 aliphatic rings. The van der Waals surface area contributed by atoms with Gasteiger partial charge in [-0.25, -0.2) is 4.79 Å². The van der Waals surface area contributed by atoms with Crippen molar-refractivity contribution in [2.24, 2.45) is 0 Å². The molecular weight excluding hydrogens is 379 g/mol. The van der Waals surface area contributed by atoms with Gasteiger partial charge in [-0.3, -0.25) is 4.79 Å². The molecule has 1 heterocycles. The number of benzene rings is 1. The fourth-order valence-corrected chi connectivity index (χ4v) is 2.13. The van der Waals surface area contributed by atoms with Crippen molar-refractivity contribution >= 4 is 11.9 Å². The Balaban J connectivity index is 1.59. The third-order valence-electron chi connectivity index (χ3n) is 3.45. The number of ether oxygens (including phenoxy) is 1. The molecule has 0 unspecified atom stereocenters. The van der Waals surface area contributed by atoms with E-state index in [2.05, 4.69) is 20.7 Å². The second kappa shape index (κ2) is 10.4. The molecule has 2 aromatic rings. The standard InChI is InChI=1S/C18H20F3N3O4/c19-18(20,21)12-27-11-14-5-3-13(4-6-14)10-24-17(26)23-8-7-22-16(25)15-2-1-9-28-15/h1-6,9H,7-8,10-12H2,(H,22,25)(H2,23,24,26). The van der Waals surface area contributed by atoms with Crippen LogP contribution in [-0.2, 0) is 17.9 Å². The van der Waals surface area contributed by atoms with Crippen molar-refractivity contribution in [3.63, 3.8) is 0 Å². The third kappa shape index (κ3) is 8.12. The minimum Gasteiger partial charge on any atom is -0.459 e. The lowest BCUT2D eigenvalue weighted by Gasteiger charge is -2.10. The van der Waals surface area contributed by atoms with Gasteiger partial charge in [0.15, 0.2) is 5.76 Å². The van der Waals surface area contributed by atoms with E-state index in [-0.39, 0.29) is 37.9 Å². The molecule has 0 spiro atoms. The maximum atomic E-state index is 12.0. The van der Waals surface area contributed by atoms with Crippen molar-refractivity contribution in [3.8, 4) is 0 Å². The zero-order valence-electron chi connectivity index (χ0n) is 14.8.